The average molecular weight is 283 g/mol. The quantitative estimate of drug-likeness (QED) is 0.708. The van der Waals surface area contributed by atoms with Crippen LogP contribution < -0.4 is 5.32 Å². The van der Waals surface area contributed by atoms with Gasteiger partial charge in [0.2, 0.25) is 0 Å². The molecule has 0 radical (unpaired) electrons. The lowest BCUT2D eigenvalue weighted by Gasteiger charge is -2.22. The summed E-state index contributed by atoms with van der Waals surface area (Å²) in [5, 5.41) is 21.5. The van der Waals surface area contributed by atoms with E-state index in [0.29, 0.717) is 12.8 Å². The SMILES string of the molecule is CCCC(C)(O)CNC(=O)c1cc(C(=O)O)c(CC)o1. The summed E-state index contributed by atoms with van der Waals surface area (Å²) in [6.07, 6.45) is 1.75. The van der Waals surface area contributed by atoms with Gasteiger partial charge in [-0.05, 0) is 13.3 Å². The minimum Gasteiger partial charge on any atom is -0.478 e. The van der Waals surface area contributed by atoms with Gasteiger partial charge in [-0.3, -0.25) is 4.79 Å². The van der Waals surface area contributed by atoms with Gasteiger partial charge in [0, 0.05) is 19.0 Å². The van der Waals surface area contributed by atoms with Gasteiger partial charge in [0.15, 0.2) is 5.76 Å². The Labute approximate surface area is 117 Å². The molecule has 0 saturated carbocycles. The first-order valence-electron chi connectivity index (χ1n) is 6.67. The van der Waals surface area contributed by atoms with Crippen LogP contribution in [0, 0.1) is 0 Å². The predicted octanol–water partition coefficient (Wildman–Crippen LogP) is 1.82. The van der Waals surface area contributed by atoms with Gasteiger partial charge >= 0.3 is 5.97 Å². The van der Waals surface area contributed by atoms with Gasteiger partial charge in [0.1, 0.15) is 11.3 Å². The molecule has 0 aliphatic rings. The number of hydrogen-bond acceptors (Lipinski definition) is 4. The van der Waals surface area contributed by atoms with Gasteiger partial charge in [-0.1, -0.05) is 20.3 Å². The highest BCUT2D eigenvalue weighted by Crippen LogP contribution is 2.17. The Morgan fingerprint density at radius 1 is 1.40 bits per heavy atom. The highest BCUT2D eigenvalue weighted by molar-refractivity contribution is 5.96. The Balaban J connectivity index is 2.76. The number of hydrogen-bond donors (Lipinski definition) is 3. The molecule has 0 aliphatic heterocycles. The highest BCUT2D eigenvalue weighted by Gasteiger charge is 2.23. The number of aliphatic hydroxyl groups is 1. The molecule has 0 fully saturated rings. The number of aromatic carboxylic acids is 1. The van der Waals surface area contributed by atoms with Crippen molar-refractivity contribution in [1.82, 2.24) is 5.32 Å². The zero-order valence-corrected chi connectivity index (χ0v) is 12.0. The number of carboxylic acid groups (broad SMARTS) is 1. The molecule has 1 unspecified atom stereocenters. The molecule has 1 aromatic rings. The lowest BCUT2D eigenvalue weighted by Crippen LogP contribution is -2.40. The van der Waals surface area contributed by atoms with Crippen LogP contribution in [0.4, 0.5) is 0 Å². The molecular formula is C14H21NO5. The Bertz CT molecular complexity index is 490. The third-order valence-electron chi connectivity index (χ3n) is 3.00. The van der Waals surface area contributed by atoms with E-state index in [-0.39, 0.29) is 23.6 Å². The Hall–Kier alpha value is -1.82. The van der Waals surface area contributed by atoms with Crippen LogP contribution >= 0.6 is 0 Å². The van der Waals surface area contributed by atoms with E-state index in [0.717, 1.165) is 6.42 Å². The van der Waals surface area contributed by atoms with Crippen molar-refractivity contribution >= 4 is 11.9 Å². The third kappa shape index (κ3) is 4.09. The number of rotatable bonds is 7. The van der Waals surface area contributed by atoms with Crippen molar-refractivity contribution < 1.29 is 24.2 Å². The maximum absolute atomic E-state index is 11.9. The van der Waals surface area contributed by atoms with Crippen molar-refractivity contribution in [3.05, 3.63) is 23.2 Å². The fourth-order valence-corrected chi connectivity index (χ4v) is 1.97. The molecule has 112 valence electrons. The van der Waals surface area contributed by atoms with Gasteiger partial charge in [-0.15, -0.1) is 0 Å². The smallest absolute Gasteiger partial charge is 0.339 e. The number of nitrogens with one attached hydrogen (secondary N) is 1. The summed E-state index contributed by atoms with van der Waals surface area (Å²) in [4.78, 5) is 22.9. The van der Waals surface area contributed by atoms with E-state index < -0.39 is 17.5 Å². The third-order valence-corrected chi connectivity index (χ3v) is 3.00. The Kier molecular flexibility index (Phi) is 5.33. The number of carbonyl (C=O) groups excluding carboxylic acids is 1. The number of carboxylic acids is 1. The summed E-state index contributed by atoms with van der Waals surface area (Å²) in [5.41, 5.74) is -0.988. The number of aryl methyl sites for hydroxylation is 1. The second-order valence-electron chi connectivity index (χ2n) is 5.04. The van der Waals surface area contributed by atoms with Crippen molar-refractivity contribution in [3.63, 3.8) is 0 Å². The molecule has 3 N–H and O–H groups in total. The van der Waals surface area contributed by atoms with Crippen molar-refractivity contribution in [2.24, 2.45) is 0 Å². The number of furan rings is 1. The first-order chi connectivity index (χ1) is 9.30. The molecule has 1 heterocycles. The maximum Gasteiger partial charge on any atom is 0.339 e. The molecule has 1 aromatic heterocycles. The van der Waals surface area contributed by atoms with Crippen LogP contribution in [0.5, 0.6) is 0 Å². The molecule has 20 heavy (non-hydrogen) atoms. The van der Waals surface area contributed by atoms with E-state index in [9.17, 15) is 14.7 Å². The normalized spacial score (nSPS) is 13.8. The van der Waals surface area contributed by atoms with E-state index in [1.807, 2.05) is 6.92 Å². The van der Waals surface area contributed by atoms with Crippen molar-refractivity contribution in [2.75, 3.05) is 6.54 Å². The number of carbonyl (C=O) groups is 2. The van der Waals surface area contributed by atoms with Crippen LogP contribution in [0.3, 0.4) is 0 Å². The maximum atomic E-state index is 11.9. The second kappa shape index (κ2) is 6.56. The lowest BCUT2D eigenvalue weighted by atomic mass is 10.0. The fraction of sp³-hybridized carbons (Fsp3) is 0.571. The number of amides is 1. The molecule has 1 atom stereocenters. The zero-order valence-electron chi connectivity index (χ0n) is 12.0. The zero-order chi connectivity index (χ0) is 15.3. The van der Waals surface area contributed by atoms with Gasteiger partial charge in [-0.2, -0.15) is 0 Å². The molecule has 6 nitrogen and oxygen atoms in total. The summed E-state index contributed by atoms with van der Waals surface area (Å²) < 4.78 is 5.24. The van der Waals surface area contributed by atoms with Crippen molar-refractivity contribution in [2.45, 2.75) is 45.6 Å². The first kappa shape index (κ1) is 16.2. The van der Waals surface area contributed by atoms with Crippen LogP contribution in [0.2, 0.25) is 0 Å². The Morgan fingerprint density at radius 2 is 2.05 bits per heavy atom. The Morgan fingerprint density at radius 3 is 2.50 bits per heavy atom. The molecule has 0 saturated heterocycles. The minimum atomic E-state index is -1.12. The van der Waals surface area contributed by atoms with Gasteiger partial charge < -0.3 is 19.9 Å². The summed E-state index contributed by atoms with van der Waals surface area (Å²) in [6, 6.07) is 1.21. The van der Waals surface area contributed by atoms with E-state index in [1.54, 1.807) is 13.8 Å². The fourth-order valence-electron chi connectivity index (χ4n) is 1.97. The van der Waals surface area contributed by atoms with Gasteiger partial charge in [-0.25, -0.2) is 4.79 Å². The second-order valence-corrected chi connectivity index (χ2v) is 5.04. The average Bonchev–Trinajstić information content (AvgIpc) is 2.80. The predicted molar refractivity (Wildman–Crippen MR) is 72.9 cm³/mol. The van der Waals surface area contributed by atoms with Crippen LogP contribution in [-0.2, 0) is 6.42 Å². The van der Waals surface area contributed by atoms with Gasteiger partial charge in [0.05, 0.1) is 5.60 Å². The molecule has 0 aromatic carbocycles. The summed E-state index contributed by atoms with van der Waals surface area (Å²) in [6.45, 7) is 5.41. The van der Waals surface area contributed by atoms with Crippen LogP contribution in [0.15, 0.2) is 10.5 Å². The molecular weight excluding hydrogens is 262 g/mol. The van der Waals surface area contributed by atoms with E-state index in [2.05, 4.69) is 5.32 Å². The first-order valence-corrected chi connectivity index (χ1v) is 6.67. The molecule has 6 heteroatoms. The van der Waals surface area contributed by atoms with Crippen LogP contribution in [-0.4, -0.2) is 34.2 Å². The lowest BCUT2D eigenvalue weighted by molar-refractivity contribution is 0.0463. The monoisotopic (exact) mass is 283 g/mol. The summed E-state index contributed by atoms with van der Waals surface area (Å²) in [7, 11) is 0. The standard InChI is InChI=1S/C14H21NO5/c1-4-6-14(3,19)8-15-12(16)11-7-9(13(17)18)10(5-2)20-11/h7,19H,4-6,8H2,1-3H3,(H,15,16)(H,17,18). The van der Waals surface area contributed by atoms with E-state index in [1.165, 1.54) is 6.07 Å². The molecule has 0 bridgehead atoms. The van der Waals surface area contributed by atoms with E-state index >= 15 is 0 Å². The van der Waals surface area contributed by atoms with Crippen LogP contribution in [0.1, 0.15) is 60.3 Å². The van der Waals surface area contributed by atoms with Crippen molar-refractivity contribution in [1.29, 1.82) is 0 Å². The summed E-state index contributed by atoms with van der Waals surface area (Å²) in [5.74, 6) is -1.43. The highest BCUT2D eigenvalue weighted by atomic mass is 16.4. The van der Waals surface area contributed by atoms with Crippen molar-refractivity contribution in [3.8, 4) is 0 Å². The van der Waals surface area contributed by atoms with E-state index in [4.69, 9.17) is 9.52 Å². The molecule has 1 rings (SSSR count). The topological polar surface area (TPSA) is 99.8 Å². The molecule has 1 amide bonds. The van der Waals surface area contributed by atoms with Crippen LogP contribution in [0.25, 0.3) is 0 Å². The molecule has 0 aliphatic carbocycles. The largest absolute Gasteiger partial charge is 0.478 e. The minimum absolute atomic E-state index is 0.00188. The van der Waals surface area contributed by atoms with Gasteiger partial charge in [0.25, 0.3) is 5.91 Å². The molecule has 0 spiro atoms. The summed E-state index contributed by atoms with van der Waals surface area (Å²) >= 11 is 0.